The summed E-state index contributed by atoms with van der Waals surface area (Å²) in [5.41, 5.74) is 0. The zero-order valence-corrected chi connectivity index (χ0v) is 13.8. The van der Waals surface area contributed by atoms with Crippen molar-refractivity contribution in [1.82, 2.24) is 10.2 Å². The van der Waals surface area contributed by atoms with E-state index >= 15 is 0 Å². The van der Waals surface area contributed by atoms with E-state index in [4.69, 9.17) is 0 Å². The first-order chi connectivity index (χ1) is 10.7. The zero-order valence-electron chi connectivity index (χ0n) is 13.8. The average molecular weight is 310 g/mol. The van der Waals surface area contributed by atoms with Gasteiger partial charge in [0.1, 0.15) is 0 Å². The maximum Gasteiger partial charge on any atom is 0.317 e. The largest absolute Gasteiger partial charge is 0.469 e. The molecule has 2 fully saturated rings. The van der Waals surface area contributed by atoms with Crippen LogP contribution in [0.5, 0.6) is 0 Å². The van der Waals surface area contributed by atoms with Crippen LogP contribution in [0.25, 0.3) is 0 Å². The third-order valence-corrected chi connectivity index (χ3v) is 4.74. The van der Waals surface area contributed by atoms with Gasteiger partial charge in [0.15, 0.2) is 0 Å². The molecular weight excluding hydrogens is 280 g/mol. The summed E-state index contributed by atoms with van der Waals surface area (Å²) in [7, 11) is 1.41. The Morgan fingerprint density at radius 3 is 2.45 bits per heavy atom. The van der Waals surface area contributed by atoms with E-state index in [9.17, 15) is 9.59 Å². The molecule has 126 valence electrons. The van der Waals surface area contributed by atoms with Crippen molar-refractivity contribution >= 4 is 12.0 Å². The van der Waals surface area contributed by atoms with Crippen LogP contribution >= 0.6 is 0 Å². The van der Waals surface area contributed by atoms with E-state index in [2.05, 4.69) is 15.0 Å². The van der Waals surface area contributed by atoms with Gasteiger partial charge in [-0.3, -0.25) is 4.79 Å². The molecule has 2 aliphatic rings. The Labute approximate surface area is 133 Å². The van der Waals surface area contributed by atoms with Gasteiger partial charge in [-0.25, -0.2) is 4.79 Å². The van der Waals surface area contributed by atoms with Crippen molar-refractivity contribution in [3.05, 3.63) is 0 Å². The number of urea groups is 1. The number of rotatable bonds is 8. The van der Waals surface area contributed by atoms with E-state index < -0.39 is 0 Å². The standard InChI is InChI=1S/C17H30N2O3/c1-22-16(20)9-5-6-12-18-17(21)19(15-10-11-15)13-14-7-3-2-4-8-14/h14-15H,2-13H2,1H3,(H,18,21). The van der Waals surface area contributed by atoms with Crippen molar-refractivity contribution < 1.29 is 14.3 Å². The van der Waals surface area contributed by atoms with Gasteiger partial charge < -0.3 is 15.0 Å². The number of carbonyl (C=O) groups is 2. The number of unbranched alkanes of at least 4 members (excludes halogenated alkanes) is 1. The molecule has 0 spiro atoms. The maximum absolute atomic E-state index is 12.4. The van der Waals surface area contributed by atoms with Gasteiger partial charge in [-0.05, 0) is 44.4 Å². The van der Waals surface area contributed by atoms with E-state index in [1.165, 1.54) is 39.2 Å². The van der Waals surface area contributed by atoms with E-state index in [0.717, 1.165) is 32.2 Å². The Morgan fingerprint density at radius 1 is 1.09 bits per heavy atom. The Bertz CT molecular complexity index is 363. The predicted octanol–water partition coefficient (Wildman–Crippen LogP) is 3.08. The lowest BCUT2D eigenvalue weighted by molar-refractivity contribution is -0.140. The van der Waals surface area contributed by atoms with Crippen molar-refractivity contribution in [2.45, 2.75) is 70.3 Å². The van der Waals surface area contributed by atoms with E-state index in [0.29, 0.717) is 24.9 Å². The smallest absolute Gasteiger partial charge is 0.317 e. The van der Waals surface area contributed by atoms with Crippen molar-refractivity contribution in [3.63, 3.8) is 0 Å². The molecule has 2 aliphatic carbocycles. The normalized spacial score (nSPS) is 18.8. The molecule has 0 saturated heterocycles. The molecule has 2 rings (SSSR count). The van der Waals surface area contributed by atoms with Crippen LogP contribution in [0, 0.1) is 5.92 Å². The monoisotopic (exact) mass is 310 g/mol. The highest BCUT2D eigenvalue weighted by atomic mass is 16.5. The van der Waals surface area contributed by atoms with Gasteiger partial charge in [0.25, 0.3) is 0 Å². The number of methoxy groups -OCH3 is 1. The lowest BCUT2D eigenvalue weighted by Gasteiger charge is -2.30. The molecule has 0 aromatic heterocycles. The number of nitrogens with one attached hydrogen (secondary N) is 1. The first-order valence-electron chi connectivity index (χ1n) is 8.82. The number of amides is 2. The van der Waals surface area contributed by atoms with E-state index in [-0.39, 0.29) is 12.0 Å². The summed E-state index contributed by atoms with van der Waals surface area (Å²) >= 11 is 0. The van der Waals surface area contributed by atoms with Crippen molar-refractivity contribution in [2.24, 2.45) is 5.92 Å². The first kappa shape index (κ1) is 17.1. The molecule has 0 heterocycles. The summed E-state index contributed by atoms with van der Waals surface area (Å²) in [5.74, 6) is 0.516. The Balaban J connectivity index is 1.65. The van der Waals surface area contributed by atoms with Crippen LogP contribution in [0.4, 0.5) is 4.79 Å². The Kier molecular flexibility index (Phi) is 7.00. The third-order valence-electron chi connectivity index (χ3n) is 4.74. The predicted molar refractivity (Wildman–Crippen MR) is 85.6 cm³/mol. The molecule has 0 unspecified atom stereocenters. The summed E-state index contributed by atoms with van der Waals surface area (Å²) in [6, 6.07) is 0.558. The molecular formula is C17H30N2O3. The molecule has 5 nitrogen and oxygen atoms in total. The highest BCUT2D eigenvalue weighted by Gasteiger charge is 2.34. The number of ether oxygens (including phenoxy) is 1. The molecule has 5 heteroatoms. The minimum atomic E-state index is -0.178. The van der Waals surface area contributed by atoms with Gasteiger partial charge in [-0.1, -0.05) is 19.3 Å². The number of esters is 1. The van der Waals surface area contributed by atoms with Gasteiger partial charge in [-0.2, -0.15) is 0 Å². The van der Waals surface area contributed by atoms with Crippen LogP contribution in [0.1, 0.15) is 64.2 Å². The minimum absolute atomic E-state index is 0.0890. The molecule has 0 atom stereocenters. The summed E-state index contributed by atoms with van der Waals surface area (Å²) in [5, 5.41) is 3.02. The van der Waals surface area contributed by atoms with Crippen LogP contribution in [-0.4, -0.2) is 43.1 Å². The molecule has 2 amide bonds. The first-order valence-corrected chi connectivity index (χ1v) is 8.82. The number of carbonyl (C=O) groups excluding carboxylic acids is 2. The summed E-state index contributed by atoms with van der Waals surface area (Å²) in [6.07, 6.45) is 10.9. The van der Waals surface area contributed by atoms with Crippen LogP contribution in [0.15, 0.2) is 0 Å². The third kappa shape index (κ3) is 5.85. The van der Waals surface area contributed by atoms with Gasteiger partial charge in [-0.15, -0.1) is 0 Å². The molecule has 0 bridgehead atoms. The number of hydrogen-bond acceptors (Lipinski definition) is 3. The van der Waals surface area contributed by atoms with Crippen LogP contribution in [-0.2, 0) is 9.53 Å². The van der Waals surface area contributed by atoms with Crippen molar-refractivity contribution in [2.75, 3.05) is 20.2 Å². The number of hydrogen-bond donors (Lipinski definition) is 1. The fourth-order valence-corrected chi connectivity index (χ4v) is 3.23. The molecule has 22 heavy (non-hydrogen) atoms. The van der Waals surface area contributed by atoms with E-state index in [1.54, 1.807) is 0 Å². The highest BCUT2D eigenvalue weighted by Crippen LogP contribution is 2.31. The average Bonchev–Trinajstić information content (AvgIpc) is 3.37. The van der Waals surface area contributed by atoms with E-state index in [1.807, 2.05) is 0 Å². The maximum atomic E-state index is 12.4. The van der Waals surface area contributed by atoms with Crippen molar-refractivity contribution in [3.8, 4) is 0 Å². The second-order valence-electron chi connectivity index (χ2n) is 6.65. The van der Waals surface area contributed by atoms with Crippen molar-refractivity contribution in [1.29, 1.82) is 0 Å². The molecule has 1 N–H and O–H groups in total. The topological polar surface area (TPSA) is 58.6 Å². The second kappa shape index (κ2) is 9.01. The molecule has 2 saturated carbocycles. The van der Waals surface area contributed by atoms with Crippen LogP contribution in [0.3, 0.4) is 0 Å². The highest BCUT2D eigenvalue weighted by molar-refractivity contribution is 5.75. The SMILES string of the molecule is COC(=O)CCCCNC(=O)N(CC1CCCCC1)C1CC1. The Hall–Kier alpha value is -1.26. The fourth-order valence-electron chi connectivity index (χ4n) is 3.23. The van der Waals surface area contributed by atoms with Gasteiger partial charge >= 0.3 is 12.0 Å². The lowest BCUT2D eigenvalue weighted by Crippen LogP contribution is -2.44. The minimum Gasteiger partial charge on any atom is -0.469 e. The molecule has 0 radical (unpaired) electrons. The molecule has 0 aliphatic heterocycles. The molecule has 0 aromatic carbocycles. The van der Waals surface area contributed by atoms with Crippen LogP contribution in [0.2, 0.25) is 0 Å². The van der Waals surface area contributed by atoms with Gasteiger partial charge in [0.05, 0.1) is 7.11 Å². The van der Waals surface area contributed by atoms with Gasteiger partial charge in [0, 0.05) is 25.6 Å². The summed E-state index contributed by atoms with van der Waals surface area (Å²) in [6.45, 7) is 1.57. The fraction of sp³-hybridized carbons (Fsp3) is 0.882. The summed E-state index contributed by atoms with van der Waals surface area (Å²) in [4.78, 5) is 25.5. The zero-order chi connectivity index (χ0) is 15.8. The summed E-state index contributed by atoms with van der Waals surface area (Å²) < 4.78 is 4.61. The lowest BCUT2D eigenvalue weighted by atomic mass is 9.89. The number of nitrogens with zero attached hydrogens (tertiary/aromatic N) is 1. The quantitative estimate of drug-likeness (QED) is 0.553. The van der Waals surface area contributed by atoms with Crippen LogP contribution < -0.4 is 5.32 Å². The second-order valence-corrected chi connectivity index (χ2v) is 6.65. The van der Waals surface area contributed by atoms with Gasteiger partial charge in [0.2, 0.25) is 0 Å². The molecule has 0 aromatic rings. The Morgan fingerprint density at radius 2 is 1.82 bits per heavy atom.